The molecule has 0 atom stereocenters. The van der Waals surface area contributed by atoms with Crippen LogP contribution < -0.4 is 5.32 Å². The molecule has 4 nitrogen and oxygen atoms in total. The summed E-state index contributed by atoms with van der Waals surface area (Å²) in [5.41, 5.74) is -0.372. The summed E-state index contributed by atoms with van der Waals surface area (Å²) in [4.78, 5) is 14.1. The van der Waals surface area contributed by atoms with Gasteiger partial charge < -0.3 is 15.0 Å². The Morgan fingerprint density at radius 1 is 1.32 bits per heavy atom. The van der Waals surface area contributed by atoms with Crippen molar-refractivity contribution in [2.45, 2.75) is 65.0 Å². The number of nitrogens with zero attached hydrogens (tertiary/aromatic N) is 1. The third-order valence-electron chi connectivity index (χ3n) is 3.31. The maximum absolute atomic E-state index is 11.6. The second-order valence-corrected chi connectivity index (χ2v) is 6.41. The molecular formula is C15H30N2O2. The number of ether oxygens (including phenoxy) is 1. The van der Waals surface area contributed by atoms with Crippen molar-refractivity contribution in [1.82, 2.24) is 10.2 Å². The molecule has 1 N–H and O–H groups in total. The predicted molar refractivity (Wildman–Crippen MR) is 78.2 cm³/mol. The van der Waals surface area contributed by atoms with E-state index in [0.717, 1.165) is 6.54 Å². The summed E-state index contributed by atoms with van der Waals surface area (Å²) in [6.07, 6.45) is 4.08. The summed E-state index contributed by atoms with van der Waals surface area (Å²) < 4.78 is 5.29. The highest BCUT2D eigenvalue weighted by Crippen LogP contribution is 2.11. The summed E-state index contributed by atoms with van der Waals surface area (Å²) >= 11 is 0. The first-order valence-corrected chi connectivity index (χ1v) is 7.58. The molecule has 1 aliphatic heterocycles. The number of carbonyl (C=O) groups is 1. The number of piperidine rings is 1. The van der Waals surface area contributed by atoms with Crippen LogP contribution in [0.2, 0.25) is 0 Å². The van der Waals surface area contributed by atoms with Crippen LogP contribution in [0.5, 0.6) is 0 Å². The third-order valence-corrected chi connectivity index (χ3v) is 3.31. The maximum atomic E-state index is 11.6. The zero-order chi connectivity index (χ0) is 14.3. The molecule has 0 spiro atoms. The maximum Gasteiger partial charge on any atom is 0.307 e. The van der Waals surface area contributed by atoms with Crippen molar-refractivity contribution in [2.75, 3.05) is 26.2 Å². The molecule has 0 amide bonds. The fraction of sp³-hybridized carbons (Fsp3) is 0.933. The number of carbonyl (C=O) groups excluding carboxylic acids is 1. The van der Waals surface area contributed by atoms with Gasteiger partial charge in [-0.3, -0.25) is 4.79 Å². The van der Waals surface area contributed by atoms with Crippen molar-refractivity contribution in [3.63, 3.8) is 0 Å². The van der Waals surface area contributed by atoms with Crippen LogP contribution in [0.25, 0.3) is 0 Å². The van der Waals surface area contributed by atoms with Gasteiger partial charge in [0.15, 0.2) is 0 Å². The molecule has 19 heavy (non-hydrogen) atoms. The minimum absolute atomic E-state index is 0.108. The molecule has 0 aromatic rings. The van der Waals surface area contributed by atoms with Gasteiger partial charge in [-0.2, -0.15) is 0 Å². The molecule has 0 aliphatic carbocycles. The molecule has 112 valence electrons. The van der Waals surface area contributed by atoms with Gasteiger partial charge in [-0.15, -0.1) is 0 Å². The van der Waals surface area contributed by atoms with Crippen LogP contribution in [0, 0.1) is 0 Å². The Kier molecular flexibility index (Phi) is 6.80. The van der Waals surface area contributed by atoms with Crippen LogP contribution in [-0.4, -0.2) is 48.7 Å². The number of nitrogens with one attached hydrogen (secondary N) is 1. The van der Waals surface area contributed by atoms with Crippen molar-refractivity contribution in [3.05, 3.63) is 0 Å². The Morgan fingerprint density at radius 3 is 2.47 bits per heavy atom. The second-order valence-electron chi connectivity index (χ2n) is 6.41. The van der Waals surface area contributed by atoms with Gasteiger partial charge in [0.25, 0.3) is 0 Å². The van der Waals surface area contributed by atoms with Crippen LogP contribution in [-0.2, 0) is 9.53 Å². The number of esters is 1. The highest BCUT2D eigenvalue weighted by atomic mass is 16.6. The summed E-state index contributed by atoms with van der Waals surface area (Å²) in [6, 6.07) is 0.565. The molecule has 1 aliphatic rings. The van der Waals surface area contributed by atoms with Crippen molar-refractivity contribution >= 4 is 5.97 Å². The molecule has 0 aromatic heterocycles. The molecule has 4 heteroatoms. The van der Waals surface area contributed by atoms with Gasteiger partial charge in [-0.05, 0) is 59.7 Å². The summed E-state index contributed by atoms with van der Waals surface area (Å²) in [6.45, 7) is 12.2. The summed E-state index contributed by atoms with van der Waals surface area (Å²) in [5.74, 6) is -0.108. The van der Waals surface area contributed by atoms with Gasteiger partial charge in [-0.25, -0.2) is 0 Å². The molecule has 0 saturated carbocycles. The zero-order valence-electron chi connectivity index (χ0n) is 13.0. The average molecular weight is 270 g/mol. The topological polar surface area (TPSA) is 41.6 Å². The van der Waals surface area contributed by atoms with E-state index < -0.39 is 0 Å². The lowest BCUT2D eigenvalue weighted by molar-refractivity contribution is -0.154. The first-order chi connectivity index (χ1) is 8.90. The SMILES string of the molecule is CCCN1CCC(NCCC(=O)OC(C)(C)C)CC1. The summed E-state index contributed by atoms with van der Waals surface area (Å²) in [7, 11) is 0. The Bertz CT molecular complexity index is 266. The highest BCUT2D eigenvalue weighted by Gasteiger charge is 2.19. The first-order valence-electron chi connectivity index (χ1n) is 7.58. The minimum Gasteiger partial charge on any atom is -0.460 e. The van der Waals surface area contributed by atoms with E-state index in [1.165, 1.54) is 38.9 Å². The van der Waals surface area contributed by atoms with Crippen LogP contribution in [0.15, 0.2) is 0 Å². The Labute approximate surface area is 117 Å². The number of rotatable bonds is 6. The highest BCUT2D eigenvalue weighted by molar-refractivity contribution is 5.70. The Balaban J connectivity index is 2.09. The monoisotopic (exact) mass is 270 g/mol. The van der Waals surface area contributed by atoms with E-state index in [1.54, 1.807) is 0 Å². The predicted octanol–water partition coefficient (Wildman–Crippen LogP) is 2.18. The quantitative estimate of drug-likeness (QED) is 0.751. The molecule has 0 aromatic carbocycles. The van der Waals surface area contributed by atoms with Gasteiger partial charge >= 0.3 is 5.97 Å². The van der Waals surface area contributed by atoms with Crippen LogP contribution >= 0.6 is 0 Å². The van der Waals surface area contributed by atoms with Crippen molar-refractivity contribution in [1.29, 1.82) is 0 Å². The van der Waals surface area contributed by atoms with E-state index in [4.69, 9.17) is 4.74 Å². The molecular weight excluding hydrogens is 240 g/mol. The molecule has 0 radical (unpaired) electrons. The van der Waals surface area contributed by atoms with Gasteiger partial charge in [0.05, 0.1) is 6.42 Å². The third kappa shape index (κ3) is 7.53. The lowest BCUT2D eigenvalue weighted by Gasteiger charge is -2.32. The minimum atomic E-state index is -0.372. The fourth-order valence-electron chi connectivity index (χ4n) is 2.45. The van der Waals surface area contributed by atoms with Gasteiger partial charge in [0, 0.05) is 12.6 Å². The Hall–Kier alpha value is -0.610. The van der Waals surface area contributed by atoms with Gasteiger partial charge in [0.1, 0.15) is 5.60 Å². The van der Waals surface area contributed by atoms with Gasteiger partial charge in [-0.1, -0.05) is 6.92 Å². The summed E-state index contributed by atoms with van der Waals surface area (Å²) in [5, 5.41) is 3.47. The van der Waals surface area contributed by atoms with E-state index >= 15 is 0 Å². The number of likely N-dealkylation sites (tertiary alicyclic amines) is 1. The van der Waals surface area contributed by atoms with E-state index in [2.05, 4.69) is 17.1 Å². The second kappa shape index (κ2) is 7.85. The van der Waals surface area contributed by atoms with Crippen LogP contribution in [0.1, 0.15) is 53.4 Å². The smallest absolute Gasteiger partial charge is 0.307 e. The standard InChI is InChI=1S/C15H30N2O2/c1-5-10-17-11-7-13(8-12-17)16-9-6-14(18)19-15(2,3)4/h13,16H,5-12H2,1-4H3. The van der Waals surface area contributed by atoms with E-state index in [9.17, 15) is 4.79 Å². The molecule has 1 rings (SSSR count). The molecule has 0 unspecified atom stereocenters. The largest absolute Gasteiger partial charge is 0.460 e. The fourth-order valence-corrected chi connectivity index (χ4v) is 2.45. The molecule has 1 heterocycles. The van der Waals surface area contributed by atoms with Crippen molar-refractivity contribution in [2.24, 2.45) is 0 Å². The van der Waals surface area contributed by atoms with E-state index in [1.807, 2.05) is 20.8 Å². The van der Waals surface area contributed by atoms with Gasteiger partial charge in [0.2, 0.25) is 0 Å². The lowest BCUT2D eigenvalue weighted by Crippen LogP contribution is -2.43. The first kappa shape index (κ1) is 16.4. The van der Waals surface area contributed by atoms with E-state index in [0.29, 0.717) is 12.5 Å². The van der Waals surface area contributed by atoms with Crippen LogP contribution in [0.4, 0.5) is 0 Å². The van der Waals surface area contributed by atoms with E-state index in [-0.39, 0.29) is 11.6 Å². The molecule has 1 saturated heterocycles. The normalized spacial score (nSPS) is 18.5. The van der Waals surface area contributed by atoms with Crippen molar-refractivity contribution < 1.29 is 9.53 Å². The lowest BCUT2D eigenvalue weighted by atomic mass is 10.0. The van der Waals surface area contributed by atoms with Crippen molar-refractivity contribution in [3.8, 4) is 0 Å². The molecule has 0 bridgehead atoms. The molecule has 1 fully saturated rings. The zero-order valence-corrected chi connectivity index (χ0v) is 13.0. The van der Waals surface area contributed by atoms with Crippen LogP contribution in [0.3, 0.4) is 0 Å². The number of hydrogen-bond acceptors (Lipinski definition) is 4. The Morgan fingerprint density at radius 2 is 1.95 bits per heavy atom. The average Bonchev–Trinajstić information content (AvgIpc) is 2.29. The number of hydrogen-bond donors (Lipinski definition) is 1.